The van der Waals surface area contributed by atoms with Crippen LogP contribution in [-0.2, 0) is 55.8 Å². The molecule has 5 unspecified atom stereocenters. The molecule has 0 saturated carbocycles. The molecule has 0 aliphatic heterocycles. The van der Waals surface area contributed by atoms with E-state index in [-0.39, 0.29) is 19.3 Å². The summed E-state index contributed by atoms with van der Waals surface area (Å²) in [7, 11) is -9.80. The highest BCUT2D eigenvalue weighted by Gasteiger charge is 2.29. The zero-order valence-corrected chi connectivity index (χ0v) is 70.7. The average molecular weight is 1570 g/mol. The predicted molar refractivity (Wildman–Crippen MR) is 454 cm³/mol. The van der Waals surface area contributed by atoms with E-state index >= 15 is 0 Å². The molecule has 628 valence electrons. The van der Waals surface area contributed by atoms with E-state index in [1.165, 1.54) is 154 Å². The van der Waals surface area contributed by atoms with Gasteiger partial charge in [-0.25, -0.2) is 9.13 Å². The maximum atomic E-state index is 13.0. The van der Waals surface area contributed by atoms with Gasteiger partial charge in [0.05, 0.1) is 26.4 Å². The highest BCUT2D eigenvalue weighted by molar-refractivity contribution is 7.47. The van der Waals surface area contributed by atoms with Gasteiger partial charge in [0.2, 0.25) is 0 Å². The monoisotopic (exact) mass is 1570 g/mol. The number of aliphatic hydroxyl groups excluding tert-OH is 2. The topological polar surface area (TPSA) is 231 Å². The fraction of sp³-hybridized carbons (Fsp3) is 0.725. The van der Waals surface area contributed by atoms with Crippen LogP contribution in [0.1, 0.15) is 367 Å². The van der Waals surface area contributed by atoms with Crippen LogP contribution in [0.15, 0.2) is 134 Å². The molecule has 0 saturated heterocycles. The van der Waals surface area contributed by atoms with Crippen LogP contribution in [0.5, 0.6) is 0 Å². The first-order valence-electron chi connectivity index (χ1n) is 43.5. The summed E-state index contributed by atoms with van der Waals surface area (Å²) >= 11 is 0. The highest BCUT2D eigenvalue weighted by Crippen LogP contribution is 2.45. The second-order valence-corrected chi connectivity index (χ2v) is 31.9. The molecule has 0 fully saturated rings. The van der Waals surface area contributed by atoms with Crippen molar-refractivity contribution in [1.29, 1.82) is 0 Å². The third kappa shape index (κ3) is 84.4. The summed E-state index contributed by atoms with van der Waals surface area (Å²) in [6.07, 6.45) is 102. The Morgan fingerprint density at radius 2 is 0.505 bits per heavy atom. The van der Waals surface area contributed by atoms with Crippen LogP contribution in [0.2, 0.25) is 0 Å². The lowest BCUT2D eigenvalue weighted by molar-refractivity contribution is -0.161. The van der Waals surface area contributed by atoms with Crippen molar-refractivity contribution < 1.29 is 75.8 Å². The number of rotatable bonds is 82. The number of aliphatic hydroxyl groups is 2. The first-order valence-corrected chi connectivity index (χ1v) is 46.5. The van der Waals surface area contributed by atoms with Crippen LogP contribution >= 0.6 is 15.6 Å². The summed E-state index contributed by atoms with van der Waals surface area (Å²) in [5.41, 5.74) is 0. The summed E-state index contributed by atoms with van der Waals surface area (Å²) < 4.78 is 61.2. The van der Waals surface area contributed by atoms with E-state index in [0.29, 0.717) is 19.3 Å². The Hall–Kier alpha value is -4.31. The second kappa shape index (κ2) is 83.1. The molecule has 0 aromatic heterocycles. The minimum Gasteiger partial charge on any atom is -0.463 e. The number of phosphoric ester groups is 2. The molecule has 4 N–H and O–H groups in total. The van der Waals surface area contributed by atoms with Gasteiger partial charge in [-0.2, -0.15) is 0 Å². The number of carbonyl (C=O) groups is 3. The minimum atomic E-state index is -4.94. The number of allylic oxidation sites excluding steroid dienone is 22. The van der Waals surface area contributed by atoms with Gasteiger partial charge in [0.15, 0.2) is 6.10 Å². The van der Waals surface area contributed by atoms with Crippen LogP contribution in [-0.4, -0.2) is 95.9 Å². The van der Waals surface area contributed by atoms with Gasteiger partial charge in [-0.3, -0.25) is 32.5 Å². The summed E-state index contributed by atoms with van der Waals surface area (Å²) in [5, 5.41) is 20.7. The molecule has 0 aliphatic carbocycles. The largest absolute Gasteiger partial charge is 0.472 e. The fourth-order valence-corrected chi connectivity index (χ4v) is 13.3. The van der Waals surface area contributed by atoms with Gasteiger partial charge in [0.1, 0.15) is 25.4 Å². The van der Waals surface area contributed by atoms with Crippen molar-refractivity contribution in [2.45, 2.75) is 386 Å². The van der Waals surface area contributed by atoms with Gasteiger partial charge in [-0.05, 0) is 135 Å². The maximum Gasteiger partial charge on any atom is 0.472 e. The molecule has 18 heteroatoms. The second-order valence-electron chi connectivity index (χ2n) is 29.0. The van der Waals surface area contributed by atoms with Crippen molar-refractivity contribution in [2.75, 3.05) is 39.6 Å². The lowest BCUT2D eigenvalue weighted by Gasteiger charge is -2.21. The molecule has 0 radical (unpaired) electrons. The highest BCUT2D eigenvalue weighted by atomic mass is 31.2. The molecule has 0 bridgehead atoms. The van der Waals surface area contributed by atoms with Crippen molar-refractivity contribution in [3.8, 4) is 0 Å². The molecule has 0 spiro atoms. The Kier molecular flexibility index (Phi) is 79.8. The molecule has 0 aromatic rings. The quantitative estimate of drug-likeness (QED) is 0.0146. The van der Waals surface area contributed by atoms with Gasteiger partial charge in [0.25, 0.3) is 0 Å². The number of hydrogen-bond acceptors (Lipinski definition) is 14. The maximum absolute atomic E-state index is 13.0. The van der Waals surface area contributed by atoms with Crippen LogP contribution in [0.3, 0.4) is 0 Å². The van der Waals surface area contributed by atoms with Gasteiger partial charge < -0.3 is 34.2 Å². The molecule has 5 atom stereocenters. The minimum absolute atomic E-state index is 0.0862. The Labute approximate surface area is 665 Å². The number of phosphoric acid groups is 2. The average Bonchev–Trinajstić information content (AvgIpc) is 0.906. The van der Waals surface area contributed by atoms with E-state index in [1.54, 1.807) is 0 Å². The van der Waals surface area contributed by atoms with Crippen LogP contribution < -0.4 is 0 Å². The van der Waals surface area contributed by atoms with Crippen molar-refractivity contribution in [3.05, 3.63) is 134 Å². The van der Waals surface area contributed by atoms with Crippen molar-refractivity contribution in [1.82, 2.24) is 0 Å². The molecule has 109 heavy (non-hydrogen) atoms. The van der Waals surface area contributed by atoms with Crippen molar-refractivity contribution in [2.24, 2.45) is 0 Å². The Morgan fingerprint density at radius 1 is 0.266 bits per heavy atom. The Balaban J connectivity index is 4.41. The summed E-state index contributed by atoms with van der Waals surface area (Å²) in [5.74, 6) is -1.59. The SMILES string of the molecule is CC/C=C\C/C=C\C/C=C\C/C=C\C/C=C\CCCCCCCCCCCCCC(=O)OCC(COP(=O)(O)OCC(O)COP(=O)(O)OCC(O)COC(=O)CCCCCCCCCCCCCCCCCCC/C=C\C/C=C\C/C=C\C/C=C\CCCCC)OC(=O)CCCCCCC/C=C\C/C=C\CCC. The zero-order chi connectivity index (χ0) is 79.4. The molecule has 16 nitrogen and oxygen atoms in total. The first-order chi connectivity index (χ1) is 53.2. The molecular formula is C91H158O16P2. The predicted octanol–water partition coefficient (Wildman–Crippen LogP) is 26.2. The number of hydrogen-bond donors (Lipinski definition) is 4. The van der Waals surface area contributed by atoms with E-state index in [4.69, 9.17) is 32.3 Å². The normalized spacial score (nSPS) is 14.5. The Bertz CT molecular complexity index is 2510. The molecule has 0 amide bonds. The van der Waals surface area contributed by atoms with E-state index in [0.717, 1.165) is 154 Å². The third-order valence-corrected chi connectivity index (χ3v) is 20.2. The van der Waals surface area contributed by atoms with E-state index < -0.39 is 91.5 Å². The van der Waals surface area contributed by atoms with Crippen LogP contribution in [0, 0.1) is 0 Å². The van der Waals surface area contributed by atoms with Gasteiger partial charge in [0, 0.05) is 19.3 Å². The molecule has 0 aliphatic rings. The van der Waals surface area contributed by atoms with E-state index in [2.05, 4.69) is 154 Å². The van der Waals surface area contributed by atoms with Gasteiger partial charge in [-0.1, -0.05) is 347 Å². The lowest BCUT2D eigenvalue weighted by atomic mass is 10.0. The van der Waals surface area contributed by atoms with Gasteiger partial charge in [-0.15, -0.1) is 0 Å². The summed E-state index contributed by atoms with van der Waals surface area (Å²) in [4.78, 5) is 58.7. The fourth-order valence-electron chi connectivity index (χ4n) is 11.7. The van der Waals surface area contributed by atoms with Crippen molar-refractivity contribution >= 4 is 33.6 Å². The smallest absolute Gasteiger partial charge is 0.463 e. The molecule has 0 aromatic carbocycles. The van der Waals surface area contributed by atoms with Crippen molar-refractivity contribution in [3.63, 3.8) is 0 Å². The first kappa shape index (κ1) is 105. The summed E-state index contributed by atoms with van der Waals surface area (Å²) in [6, 6.07) is 0. The number of unbranched alkanes of at least 4 members (excludes halogenated alkanes) is 37. The lowest BCUT2D eigenvalue weighted by Crippen LogP contribution is -2.30. The van der Waals surface area contributed by atoms with Gasteiger partial charge >= 0.3 is 33.6 Å². The van der Waals surface area contributed by atoms with Crippen LogP contribution in [0.4, 0.5) is 0 Å². The number of ether oxygens (including phenoxy) is 3. The van der Waals surface area contributed by atoms with E-state index in [1.807, 2.05) is 0 Å². The summed E-state index contributed by atoms with van der Waals surface area (Å²) in [6.45, 7) is 2.49. The van der Waals surface area contributed by atoms with E-state index in [9.17, 15) is 43.5 Å². The number of carbonyl (C=O) groups excluding carboxylic acids is 3. The standard InChI is InChI=1S/C91H158O16P2/c1-4-7-10-13-16-19-22-25-27-29-31-33-35-37-39-40-41-42-43-44-46-48-49-51-53-55-57-60-62-65-68-71-74-77-89(94)101-80-86(92)81-103-108(97,98)104-82-87(93)83-105-109(99,100)106-85-88(107-91(96)79-76-73-70-67-64-59-24-21-18-15-12-9-6-3)84-102-90(95)78-75-72-69-66-63-61-58-56-54-52-50-47-45-38-36-34-32-30-28-26-23-20-17-14-11-8-5-2/h8,11-12,15-17,19-21,24-28,31-34,37-39,45,86-88,92-93H,4-7,9-10,13-14,18,22-23,29-30,35-36,40-44,46-85H2,1-3H3,(H,97,98)(H,99,100)/b11-8-,15-12-,19-16-,20-17-,24-21-,27-25-,28-26-,33-31-,34-32-,39-37-,45-38-. The Morgan fingerprint density at radius 3 is 0.807 bits per heavy atom. The zero-order valence-electron chi connectivity index (χ0n) is 68.9. The molecule has 0 rings (SSSR count). The third-order valence-electron chi connectivity index (χ3n) is 18.3. The molecular weight excluding hydrogens is 1410 g/mol. The molecule has 0 heterocycles. The van der Waals surface area contributed by atoms with Crippen LogP contribution in [0.25, 0.3) is 0 Å². The number of esters is 3.